The second kappa shape index (κ2) is 10.2. The van der Waals surface area contributed by atoms with Crippen LogP contribution in [0.5, 0.6) is 11.5 Å². The summed E-state index contributed by atoms with van der Waals surface area (Å²) in [5, 5.41) is 3.82. The Morgan fingerprint density at radius 3 is 2.69 bits per heavy atom. The largest absolute Gasteiger partial charge is 0.490 e. The number of fused-ring (bicyclic) bond motifs is 3. The molecule has 0 unspecified atom stereocenters. The molecule has 3 aromatic carbocycles. The van der Waals surface area contributed by atoms with Gasteiger partial charge in [-0.15, -0.1) is 0 Å². The van der Waals surface area contributed by atoms with E-state index in [4.69, 9.17) is 14.5 Å². The van der Waals surface area contributed by atoms with Gasteiger partial charge in [0.2, 0.25) is 0 Å². The standard InChI is InChI=1S/C31H32N2O2/c1-4-17-35-29-16-10-22(19-30(29)34-5-2)20-32-24-13-11-23(12-14-24)31-26-8-6-7-25(26)27-18-21(3)9-15-28(27)33-31/h4,6-7,9-16,18-20,25-26,31,33H,1,5,8,17H2,2-3H3/t25-,26+,31-/m0/s1. The van der Waals surface area contributed by atoms with Gasteiger partial charge < -0.3 is 14.8 Å². The van der Waals surface area contributed by atoms with Crippen LogP contribution in [0.3, 0.4) is 0 Å². The Labute approximate surface area is 208 Å². The predicted octanol–water partition coefficient (Wildman–Crippen LogP) is 7.54. The number of ether oxygens (including phenoxy) is 2. The first-order chi connectivity index (χ1) is 17.2. The van der Waals surface area contributed by atoms with E-state index in [1.54, 1.807) is 6.08 Å². The van der Waals surface area contributed by atoms with Gasteiger partial charge in [0, 0.05) is 17.8 Å². The molecule has 0 radical (unpaired) electrons. The normalized spacial score (nSPS) is 20.2. The van der Waals surface area contributed by atoms with Crippen molar-refractivity contribution in [2.45, 2.75) is 32.2 Å². The summed E-state index contributed by atoms with van der Waals surface area (Å²) in [5.41, 5.74) is 7.18. The summed E-state index contributed by atoms with van der Waals surface area (Å²) in [6.07, 6.45) is 9.41. The summed E-state index contributed by atoms with van der Waals surface area (Å²) in [4.78, 5) is 4.70. The Morgan fingerprint density at radius 2 is 1.89 bits per heavy atom. The van der Waals surface area contributed by atoms with Gasteiger partial charge in [-0.05, 0) is 79.3 Å². The number of nitrogens with one attached hydrogen (secondary N) is 1. The molecule has 1 heterocycles. The van der Waals surface area contributed by atoms with Crippen molar-refractivity contribution < 1.29 is 9.47 Å². The van der Waals surface area contributed by atoms with E-state index in [1.807, 2.05) is 31.3 Å². The fourth-order valence-electron chi connectivity index (χ4n) is 5.10. The Morgan fingerprint density at radius 1 is 1.03 bits per heavy atom. The number of hydrogen-bond acceptors (Lipinski definition) is 4. The minimum atomic E-state index is 0.292. The zero-order valence-corrected chi connectivity index (χ0v) is 20.4. The number of nitrogens with zero attached hydrogens (tertiary/aromatic N) is 1. The molecule has 178 valence electrons. The maximum absolute atomic E-state index is 5.74. The number of allylic oxidation sites excluding steroid dienone is 2. The number of hydrogen-bond donors (Lipinski definition) is 1. The highest BCUT2D eigenvalue weighted by Gasteiger charge is 2.37. The van der Waals surface area contributed by atoms with Crippen LogP contribution in [0, 0.1) is 12.8 Å². The summed E-state index contributed by atoms with van der Waals surface area (Å²) < 4.78 is 11.4. The molecule has 0 bridgehead atoms. The SMILES string of the molecule is C=CCOc1ccc(C=Nc2ccc([C@@H]3Nc4ccc(C)cc4[C@H]4C=CC[C@H]43)cc2)cc1OCC. The quantitative estimate of drug-likeness (QED) is 0.277. The number of rotatable bonds is 8. The van der Waals surface area contributed by atoms with Gasteiger partial charge in [-0.2, -0.15) is 0 Å². The van der Waals surface area contributed by atoms with Gasteiger partial charge in [-0.3, -0.25) is 4.99 Å². The number of aliphatic imine (C=N–C) groups is 1. The monoisotopic (exact) mass is 464 g/mol. The van der Waals surface area contributed by atoms with E-state index in [9.17, 15) is 0 Å². The molecule has 0 fully saturated rings. The van der Waals surface area contributed by atoms with Crippen LogP contribution in [0.2, 0.25) is 0 Å². The average Bonchev–Trinajstić information content (AvgIpc) is 3.38. The summed E-state index contributed by atoms with van der Waals surface area (Å²) in [6, 6.07) is 21.5. The third kappa shape index (κ3) is 4.88. The predicted molar refractivity (Wildman–Crippen MR) is 145 cm³/mol. The zero-order chi connectivity index (χ0) is 24.2. The van der Waals surface area contributed by atoms with Crippen LogP contribution in [0.4, 0.5) is 11.4 Å². The first-order valence-corrected chi connectivity index (χ1v) is 12.3. The fraction of sp³-hybridized carbons (Fsp3) is 0.258. The lowest BCUT2D eigenvalue weighted by molar-refractivity contribution is 0.297. The average molecular weight is 465 g/mol. The molecule has 0 spiro atoms. The minimum Gasteiger partial charge on any atom is -0.490 e. The molecule has 3 aromatic rings. The second-order valence-electron chi connectivity index (χ2n) is 9.15. The molecule has 4 nitrogen and oxygen atoms in total. The molecule has 0 aromatic heterocycles. The third-order valence-corrected chi connectivity index (χ3v) is 6.76. The molecule has 1 N–H and O–H groups in total. The van der Waals surface area contributed by atoms with E-state index in [2.05, 4.69) is 73.4 Å². The fourth-order valence-corrected chi connectivity index (χ4v) is 5.10. The van der Waals surface area contributed by atoms with Crippen molar-refractivity contribution in [3.05, 3.63) is 108 Å². The topological polar surface area (TPSA) is 42.8 Å². The van der Waals surface area contributed by atoms with Crippen LogP contribution in [-0.4, -0.2) is 19.4 Å². The van der Waals surface area contributed by atoms with Crippen molar-refractivity contribution in [1.82, 2.24) is 0 Å². The number of aryl methyl sites for hydroxylation is 1. The third-order valence-electron chi connectivity index (χ3n) is 6.76. The smallest absolute Gasteiger partial charge is 0.161 e. The Hall–Kier alpha value is -3.79. The highest BCUT2D eigenvalue weighted by atomic mass is 16.5. The van der Waals surface area contributed by atoms with Gasteiger partial charge in [0.1, 0.15) is 6.61 Å². The van der Waals surface area contributed by atoms with E-state index in [0.29, 0.717) is 42.6 Å². The van der Waals surface area contributed by atoms with E-state index in [-0.39, 0.29) is 0 Å². The lowest BCUT2D eigenvalue weighted by atomic mass is 9.76. The number of benzene rings is 3. The molecule has 0 saturated carbocycles. The minimum absolute atomic E-state index is 0.292. The molecule has 1 aliphatic carbocycles. The van der Waals surface area contributed by atoms with Gasteiger partial charge in [-0.1, -0.05) is 54.6 Å². The van der Waals surface area contributed by atoms with E-state index in [1.165, 1.54) is 22.4 Å². The van der Waals surface area contributed by atoms with Gasteiger partial charge >= 0.3 is 0 Å². The van der Waals surface area contributed by atoms with Crippen molar-refractivity contribution in [1.29, 1.82) is 0 Å². The van der Waals surface area contributed by atoms with Crippen molar-refractivity contribution in [3.63, 3.8) is 0 Å². The van der Waals surface area contributed by atoms with Crippen LogP contribution in [-0.2, 0) is 0 Å². The molecule has 3 atom stereocenters. The van der Waals surface area contributed by atoms with Crippen LogP contribution in [0.1, 0.15) is 47.6 Å². The summed E-state index contributed by atoms with van der Waals surface area (Å²) in [6.45, 7) is 8.85. The lowest BCUT2D eigenvalue weighted by Gasteiger charge is -2.37. The molecule has 2 aliphatic rings. The van der Waals surface area contributed by atoms with Gasteiger partial charge in [0.05, 0.1) is 18.3 Å². The van der Waals surface area contributed by atoms with Crippen LogP contribution in [0.15, 0.2) is 90.5 Å². The summed E-state index contributed by atoms with van der Waals surface area (Å²) >= 11 is 0. The van der Waals surface area contributed by atoms with Crippen molar-refractivity contribution in [2.24, 2.45) is 10.9 Å². The molecule has 0 amide bonds. The molecule has 35 heavy (non-hydrogen) atoms. The lowest BCUT2D eigenvalue weighted by Crippen LogP contribution is -2.29. The van der Waals surface area contributed by atoms with E-state index in [0.717, 1.165) is 17.7 Å². The molecule has 4 heteroatoms. The molecule has 5 rings (SSSR count). The molecular formula is C31H32N2O2. The summed E-state index contributed by atoms with van der Waals surface area (Å²) in [7, 11) is 0. The highest BCUT2D eigenvalue weighted by Crippen LogP contribution is 2.50. The Bertz CT molecular complexity index is 1260. The molecule has 1 aliphatic heterocycles. The van der Waals surface area contributed by atoms with Gasteiger partial charge in [0.25, 0.3) is 0 Å². The Balaban J connectivity index is 1.33. The summed E-state index contributed by atoms with van der Waals surface area (Å²) in [5.74, 6) is 2.45. The van der Waals surface area contributed by atoms with Crippen LogP contribution < -0.4 is 14.8 Å². The molecular weight excluding hydrogens is 432 g/mol. The first kappa shape index (κ1) is 23.0. The van der Waals surface area contributed by atoms with Gasteiger partial charge in [0.15, 0.2) is 11.5 Å². The Kier molecular flexibility index (Phi) is 6.71. The van der Waals surface area contributed by atoms with Crippen molar-refractivity contribution in [3.8, 4) is 11.5 Å². The van der Waals surface area contributed by atoms with Crippen LogP contribution in [0.25, 0.3) is 0 Å². The van der Waals surface area contributed by atoms with Gasteiger partial charge in [-0.25, -0.2) is 0 Å². The zero-order valence-electron chi connectivity index (χ0n) is 20.4. The number of anilines is 1. The molecule has 0 saturated heterocycles. The van der Waals surface area contributed by atoms with E-state index < -0.39 is 0 Å². The van der Waals surface area contributed by atoms with Crippen LogP contribution >= 0.6 is 0 Å². The van der Waals surface area contributed by atoms with Crippen molar-refractivity contribution >= 4 is 17.6 Å². The van der Waals surface area contributed by atoms with Crippen molar-refractivity contribution in [2.75, 3.05) is 18.5 Å². The maximum atomic E-state index is 5.74. The van der Waals surface area contributed by atoms with E-state index >= 15 is 0 Å². The highest BCUT2D eigenvalue weighted by molar-refractivity contribution is 5.83. The second-order valence-corrected chi connectivity index (χ2v) is 9.15. The first-order valence-electron chi connectivity index (χ1n) is 12.3. The maximum Gasteiger partial charge on any atom is 0.161 e.